The van der Waals surface area contributed by atoms with Crippen LogP contribution in [0.15, 0.2) is 18.2 Å². The number of morpholine rings is 1. The lowest BCUT2D eigenvalue weighted by Gasteiger charge is -2.35. The number of carboxylic acid groups (broad SMARTS) is 1. The first-order chi connectivity index (χ1) is 10.5. The maximum absolute atomic E-state index is 13.6. The van der Waals surface area contributed by atoms with E-state index in [1.807, 2.05) is 0 Å². The zero-order valence-electron chi connectivity index (χ0n) is 12.3. The molecule has 1 aliphatic rings. The van der Waals surface area contributed by atoms with E-state index in [0.717, 1.165) is 0 Å². The fourth-order valence-electron chi connectivity index (χ4n) is 2.45. The third-order valence-corrected chi connectivity index (χ3v) is 3.53. The van der Waals surface area contributed by atoms with E-state index in [-0.39, 0.29) is 31.1 Å². The quantitative estimate of drug-likeness (QED) is 0.880. The topological polar surface area (TPSA) is 76.1 Å². The average molecular weight is 311 g/mol. The Morgan fingerprint density at radius 1 is 1.50 bits per heavy atom. The van der Waals surface area contributed by atoms with Gasteiger partial charge >= 0.3 is 5.97 Å². The molecule has 1 fully saturated rings. The van der Waals surface area contributed by atoms with Gasteiger partial charge in [-0.2, -0.15) is 0 Å². The van der Waals surface area contributed by atoms with E-state index in [2.05, 4.69) is 0 Å². The molecule has 1 saturated heterocycles. The molecule has 0 bridgehead atoms. The Kier molecular flexibility index (Phi) is 5.32. The first-order valence-corrected chi connectivity index (χ1v) is 6.92. The Morgan fingerprint density at radius 2 is 2.27 bits per heavy atom. The van der Waals surface area contributed by atoms with Crippen molar-refractivity contribution in [2.45, 2.75) is 18.9 Å². The van der Waals surface area contributed by atoms with E-state index in [9.17, 15) is 14.0 Å². The van der Waals surface area contributed by atoms with E-state index in [0.29, 0.717) is 18.7 Å². The van der Waals surface area contributed by atoms with Crippen LogP contribution in [0.25, 0.3) is 0 Å². The summed E-state index contributed by atoms with van der Waals surface area (Å²) in [5, 5.41) is 8.89. The van der Waals surface area contributed by atoms with Crippen molar-refractivity contribution >= 4 is 11.9 Å². The molecule has 7 heteroatoms. The molecule has 1 aromatic rings. The lowest BCUT2D eigenvalue weighted by Crippen LogP contribution is -2.50. The van der Waals surface area contributed by atoms with E-state index in [1.165, 1.54) is 24.1 Å². The Morgan fingerprint density at radius 3 is 2.91 bits per heavy atom. The molecule has 1 unspecified atom stereocenters. The smallest absolute Gasteiger partial charge is 0.305 e. The zero-order chi connectivity index (χ0) is 16.1. The summed E-state index contributed by atoms with van der Waals surface area (Å²) in [7, 11) is 1.37. The van der Waals surface area contributed by atoms with Crippen molar-refractivity contribution in [2.24, 2.45) is 0 Å². The maximum atomic E-state index is 13.6. The molecular weight excluding hydrogens is 293 g/mol. The minimum Gasteiger partial charge on any atom is -0.494 e. The average Bonchev–Trinajstić information content (AvgIpc) is 2.47. The van der Waals surface area contributed by atoms with Crippen LogP contribution < -0.4 is 4.74 Å². The first kappa shape index (κ1) is 16.2. The standard InChI is InChI=1S/C15H18FNO5/c1-21-13-3-2-10(6-12(13)16)7-14(18)17-4-5-22-9-11(17)8-15(19)20/h2-3,6,11H,4-5,7-9H2,1H3,(H,19,20). The number of carbonyl (C=O) groups is 2. The predicted molar refractivity (Wildman–Crippen MR) is 75.2 cm³/mol. The number of ether oxygens (including phenoxy) is 2. The SMILES string of the molecule is COc1ccc(CC(=O)N2CCOCC2CC(=O)O)cc1F. The highest BCUT2D eigenvalue weighted by molar-refractivity contribution is 5.80. The third kappa shape index (κ3) is 3.94. The van der Waals surface area contributed by atoms with Crippen molar-refractivity contribution in [1.82, 2.24) is 4.90 Å². The van der Waals surface area contributed by atoms with Crippen LogP contribution in [0.2, 0.25) is 0 Å². The van der Waals surface area contributed by atoms with Crippen molar-refractivity contribution in [3.8, 4) is 5.75 Å². The van der Waals surface area contributed by atoms with Crippen LogP contribution in [0.4, 0.5) is 4.39 Å². The zero-order valence-corrected chi connectivity index (χ0v) is 12.3. The number of methoxy groups -OCH3 is 1. The first-order valence-electron chi connectivity index (χ1n) is 6.92. The summed E-state index contributed by atoms with van der Waals surface area (Å²) in [5.41, 5.74) is 0.517. The van der Waals surface area contributed by atoms with Gasteiger partial charge in [0, 0.05) is 6.54 Å². The second-order valence-corrected chi connectivity index (χ2v) is 5.06. The largest absolute Gasteiger partial charge is 0.494 e. The lowest BCUT2D eigenvalue weighted by atomic mass is 10.1. The highest BCUT2D eigenvalue weighted by Crippen LogP contribution is 2.19. The number of carboxylic acids is 1. The highest BCUT2D eigenvalue weighted by Gasteiger charge is 2.29. The Balaban J connectivity index is 2.06. The number of hydrogen-bond acceptors (Lipinski definition) is 4. The summed E-state index contributed by atoms with van der Waals surface area (Å²) in [6.45, 7) is 0.920. The summed E-state index contributed by atoms with van der Waals surface area (Å²) in [5.74, 6) is -1.63. The van der Waals surface area contributed by atoms with E-state index >= 15 is 0 Å². The molecule has 1 N–H and O–H groups in total. The summed E-state index contributed by atoms with van der Waals surface area (Å²) < 4.78 is 23.7. The Labute approximate surface area is 127 Å². The Hall–Kier alpha value is -2.15. The fourth-order valence-corrected chi connectivity index (χ4v) is 2.45. The van der Waals surface area contributed by atoms with Gasteiger partial charge in [0.05, 0.1) is 39.2 Å². The summed E-state index contributed by atoms with van der Waals surface area (Å²) in [6, 6.07) is 3.85. The van der Waals surface area contributed by atoms with E-state index in [4.69, 9.17) is 14.6 Å². The van der Waals surface area contributed by atoms with Gasteiger partial charge in [0.25, 0.3) is 0 Å². The molecule has 1 amide bonds. The number of aliphatic carboxylic acids is 1. The molecule has 2 rings (SSSR count). The summed E-state index contributed by atoms with van der Waals surface area (Å²) in [6.07, 6.45) is -0.153. The van der Waals surface area contributed by atoms with Crippen LogP contribution in [0.5, 0.6) is 5.75 Å². The molecule has 1 aliphatic heterocycles. The lowest BCUT2D eigenvalue weighted by molar-refractivity contribution is -0.145. The molecule has 22 heavy (non-hydrogen) atoms. The van der Waals surface area contributed by atoms with Crippen LogP contribution >= 0.6 is 0 Å². The van der Waals surface area contributed by atoms with Gasteiger partial charge in [-0.1, -0.05) is 6.07 Å². The summed E-state index contributed by atoms with van der Waals surface area (Å²) >= 11 is 0. The number of carbonyl (C=O) groups excluding carboxylic acids is 1. The normalized spacial score (nSPS) is 18.1. The molecule has 0 spiro atoms. The van der Waals surface area contributed by atoms with E-state index in [1.54, 1.807) is 6.07 Å². The molecule has 0 radical (unpaired) electrons. The van der Waals surface area contributed by atoms with Gasteiger partial charge in [0.1, 0.15) is 0 Å². The molecular formula is C15H18FNO5. The van der Waals surface area contributed by atoms with Crippen LogP contribution in [0.3, 0.4) is 0 Å². The fraction of sp³-hybridized carbons (Fsp3) is 0.467. The number of hydrogen-bond donors (Lipinski definition) is 1. The summed E-state index contributed by atoms with van der Waals surface area (Å²) in [4.78, 5) is 24.7. The minimum atomic E-state index is -0.983. The van der Waals surface area contributed by atoms with Gasteiger partial charge in [-0.25, -0.2) is 4.39 Å². The van der Waals surface area contributed by atoms with Crippen molar-refractivity contribution in [2.75, 3.05) is 26.9 Å². The highest BCUT2D eigenvalue weighted by atomic mass is 19.1. The van der Waals surface area contributed by atoms with Gasteiger partial charge in [0.2, 0.25) is 5.91 Å². The number of rotatable bonds is 5. The number of nitrogens with zero attached hydrogens (tertiary/aromatic N) is 1. The maximum Gasteiger partial charge on any atom is 0.305 e. The second-order valence-electron chi connectivity index (χ2n) is 5.06. The molecule has 0 saturated carbocycles. The molecule has 120 valence electrons. The number of benzene rings is 1. The molecule has 0 aromatic heterocycles. The third-order valence-electron chi connectivity index (χ3n) is 3.53. The van der Waals surface area contributed by atoms with E-state index < -0.39 is 17.8 Å². The van der Waals surface area contributed by atoms with Gasteiger partial charge in [-0.3, -0.25) is 9.59 Å². The van der Waals surface area contributed by atoms with Crippen LogP contribution in [-0.2, 0) is 20.7 Å². The van der Waals surface area contributed by atoms with Crippen molar-refractivity contribution in [1.29, 1.82) is 0 Å². The molecule has 1 aromatic carbocycles. The number of amides is 1. The second kappa shape index (κ2) is 7.22. The minimum absolute atomic E-state index is 0.0109. The molecule has 6 nitrogen and oxygen atoms in total. The Bertz CT molecular complexity index is 563. The van der Waals surface area contributed by atoms with Gasteiger partial charge in [-0.15, -0.1) is 0 Å². The van der Waals surface area contributed by atoms with Gasteiger partial charge in [-0.05, 0) is 17.7 Å². The van der Waals surface area contributed by atoms with Crippen LogP contribution in [0, 0.1) is 5.82 Å². The molecule has 0 aliphatic carbocycles. The predicted octanol–water partition coefficient (Wildman–Crippen LogP) is 1.08. The monoisotopic (exact) mass is 311 g/mol. The molecule has 1 heterocycles. The number of halogens is 1. The van der Waals surface area contributed by atoms with Gasteiger partial charge < -0.3 is 19.5 Å². The van der Waals surface area contributed by atoms with Crippen molar-refractivity contribution in [3.63, 3.8) is 0 Å². The van der Waals surface area contributed by atoms with Crippen molar-refractivity contribution in [3.05, 3.63) is 29.6 Å². The van der Waals surface area contributed by atoms with Crippen molar-refractivity contribution < 1.29 is 28.6 Å². The van der Waals surface area contributed by atoms with Crippen LogP contribution in [0.1, 0.15) is 12.0 Å². The van der Waals surface area contributed by atoms with Crippen LogP contribution in [-0.4, -0.2) is 54.8 Å². The van der Waals surface area contributed by atoms with Gasteiger partial charge in [0.15, 0.2) is 11.6 Å². The molecule has 1 atom stereocenters.